The second-order valence-corrected chi connectivity index (χ2v) is 4.99. The highest BCUT2D eigenvalue weighted by molar-refractivity contribution is 7.17. The van der Waals surface area contributed by atoms with Crippen molar-refractivity contribution in [2.24, 2.45) is 0 Å². The van der Waals surface area contributed by atoms with Crippen molar-refractivity contribution in [3.63, 3.8) is 0 Å². The van der Waals surface area contributed by atoms with Gasteiger partial charge in [0.15, 0.2) is 0 Å². The van der Waals surface area contributed by atoms with Crippen LogP contribution in [-0.4, -0.2) is 4.98 Å². The van der Waals surface area contributed by atoms with Crippen molar-refractivity contribution in [3.05, 3.63) is 47.5 Å². The van der Waals surface area contributed by atoms with Crippen LogP contribution in [0.5, 0.6) is 0 Å². The summed E-state index contributed by atoms with van der Waals surface area (Å²) < 4.78 is 1.29. The van der Waals surface area contributed by atoms with E-state index in [1.54, 1.807) is 17.5 Å². The molecule has 0 unspecified atom stereocenters. The van der Waals surface area contributed by atoms with Gasteiger partial charge in [0.2, 0.25) is 0 Å². The molecule has 0 aliphatic heterocycles. The van der Waals surface area contributed by atoms with E-state index in [1.807, 2.05) is 13.0 Å². The summed E-state index contributed by atoms with van der Waals surface area (Å²) in [4.78, 5) is 4.46. The van der Waals surface area contributed by atoms with Crippen LogP contribution in [0.25, 0.3) is 21.3 Å². The van der Waals surface area contributed by atoms with E-state index in [2.05, 4.69) is 34.6 Å². The molecule has 3 heteroatoms. The van der Waals surface area contributed by atoms with Gasteiger partial charge in [-0.1, -0.05) is 18.2 Å². The lowest BCUT2D eigenvalue weighted by atomic mass is 10.1. The average Bonchev–Trinajstić information content (AvgIpc) is 2.77. The number of hydrogen-bond donors (Lipinski definition) is 1. The molecule has 0 spiro atoms. The highest BCUT2D eigenvalue weighted by atomic mass is 32.1. The van der Waals surface area contributed by atoms with Gasteiger partial charge in [0, 0.05) is 10.3 Å². The van der Waals surface area contributed by atoms with E-state index >= 15 is 0 Å². The second-order valence-electron chi connectivity index (χ2n) is 4.08. The number of nitrogens with two attached hydrogens (primary N) is 1. The minimum absolute atomic E-state index is 0.713. The number of nitrogens with zero attached hydrogens (tertiary/aromatic N) is 1. The van der Waals surface area contributed by atoms with E-state index in [4.69, 9.17) is 5.73 Å². The zero-order valence-corrected chi connectivity index (χ0v) is 10.3. The lowest BCUT2D eigenvalue weighted by Gasteiger charge is -2.06. The Balaban J connectivity index is 2.30. The minimum Gasteiger partial charge on any atom is -0.397 e. The summed E-state index contributed by atoms with van der Waals surface area (Å²) in [6.45, 7) is 2.05. The topological polar surface area (TPSA) is 38.9 Å². The molecule has 0 aliphatic carbocycles. The smallest absolute Gasteiger partial charge is 0.0747 e. The van der Waals surface area contributed by atoms with Crippen LogP contribution in [0.1, 0.15) is 5.56 Å². The highest BCUT2D eigenvalue weighted by Crippen LogP contribution is 2.33. The molecule has 0 atom stereocenters. The molecule has 0 radical (unpaired) electrons. The molecule has 0 fully saturated rings. The number of nitrogen functional groups attached to an aromatic ring is 1. The van der Waals surface area contributed by atoms with Gasteiger partial charge in [-0.05, 0) is 35.4 Å². The van der Waals surface area contributed by atoms with E-state index in [-0.39, 0.29) is 0 Å². The Morgan fingerprint density at radius 2 is 2.12 bits per heavy atom. The predicted molar refractivity (Wildman–Crippen MR) is 74.2 cm³/mol. The summed E-state index contributed by atoms with van der Waals surface area (Å²) in [5.74, 6) is 0. The van der Waals surface area contributed by atoms with Crippen LogP contribution in [-0.2, 0) is 0 Å². The Labute approximate surface area is 104 Å². The van der Waals surface area contributed by atoms with E-state index in [0.717, 1.165) is 11.3 Å². The van der Waals surface area contributed by atoms with E-state index < -0.39 is 0 Å². The third kappa shape index (κ3) is 1.68. The number of aromatic nitrogens is 1. The fraction of sp³-hybridized carbons (Fsp3) is 0.0714. The molecule has 2 heterocycles. The van der Waals surface area contributed by atoms with Gasteiger partial charge in [0.05, 0.1) is 17.6 Å². The van der Waals surface area contributed by atoms with Crippen LogP contribution in [0.15, 0.2) is 41.9 Å². The van der Waals surface area contributed by atoms with Crippen molar-refractivity contribution in [1.29, 1.82) is 0 Å². The SMILES string of the molecule is Cc1cc(N)cnc1-c1cccc2ccsc12. The van der Waals surface area contributed by atoms with Gasteiger partial charge < -0.3 is 5.73 Å². The van der Waals surface area contributed by atoms with Gasteiger partial charge >= 0.3 is 0 Å². The van der Waals surface area contributed by atoms with Crippen molar-refractivity contribution in [2.75, 3.05) is 5.73 Å². The van der Waals surface area contributed by atoms with Crippen molar-refractivity contribution in [3.8, 4) is 11.3 Å². The fourth-order valence-electron chi connectivity index (χ4n) is 2.06. The number of anilines is 1. The molecule has 0 bridgehead atoms. The molecule has 84 valence electrons. The molecule has 3 aromatic rings. The quantitative estimate of drug-likeness (QED) is 0.701. The van der Waals surface area contributed by atoms with Crippen molar-refractivity contribution in [1.82, 2.24) is 4.98 Å². The second kappa shape index (κ2) is 3.86. The standard InChI is InChI=1S/C14H12N2S/c1-9-7-11(15)8-16-13(9)12-4-2-3-10-5-6-17-14(10)12/h2-8H,15H2,1H3. The Morgan fingerprint density at radius 1 is 1.24 bits per heavy atom. The molecule has 1 aromatic carbocycles. The number of rotatable bonds is 1. The van der Waals surface area contributed by atoms with Gasteiger partial charge in [-0.3, -0.25) is 4.98 Å². The molecule has 0 saturated carbocycles. The average molecular weight is 240 g/mol. The molecular weight excluding hydrogens is 228 g/mol. The molecular formula is C14H12N2S. The molecule has 3 rings (SSSR count). The Kier molecular flexibility index (Phi) is 2.34. The molecule has 2 aromatic heterocycles. The Morgan fingerprint density at radius 3 is 2.94 bits per heavy atom. The Hall–Kier alpha value is -1.87. The molecule has 0 amide bonds. The number of benzene rings is 1. The highest BCUT2D eigenvalue weighted by Gasteiger charge is 2.08. The third-order valence-corrected chi connectivity index (χ3v) is 3.80. The minimum atomic E-state index is 0.713. The molecule has 2 N–H and O–H groups in total. The summed E-state index contributed by atoms with van der Waals surface area (Å²) in [5, 5.41) is 3.38. The summed E-state index contributed by atoms with van der Waals surface area (Å²) in [6, 6.07) is 10.4. The van der Waals surface area contributed by atoms with Gasteiger partial charge in [0.25, 0.3) is 0 Å². The van der Waals surface area contributed by atoms with Crippen LogP contribution in [0.2, 0.25) is 0 Å². The summed E-state index contributed by atoms with van der Waals surface area (Å²) in [5.41, 5.74) is 9.78. The zero-order valence-electron chi connectivity index (χ0n) is 9.47. The fourth-order valence-corrected chi connectivity index (χ4v) is 2.97. The van der Waals surface area contributed by atoms with Gasteiger partial charge in [-0.25, -0.2) is 0 Å². The largest absolute Gasteiger partial charge is 0.397 e. The lowest BCUT2D eigenvalue weighted by Crippen LogP contribution is -1.92. The van der Waals surface area contributed by atoms with Crippen LogP contribution in [0.3, 0.4) is 0 Å². The van der Waals surface area contributed by atoms with E-state index in [9.17, 15) is 0 Å². The number of pyridine rings is 1. The van der Waals surface area contributed by atoms with Gasteiger partial charge in [-0.15, -0.1) is 11.3 Å². The lowest BCUT2D eigenvalue weighted by molar-refractivity contribution is 1.28. The van der Waals surface area contributed by atoms with Crippen molar-refractivity contribution >= 4 is 27.1 Å². The maximum Gasteiger partial charge on any atom is 0.0747 e. The van der Waals surface area contributed by atoms with Crippen LogP contribution in [0, 0.1) is 6.92 Å². The molecule has 0 aliphatic rings. The number of fused-ring (bicyclic) bond motifs is 1. The summed E-state index contributed by atoms with van der Waals surface area (Å²) in [6.07, 6.45) is 1.72. The van der Waals surface area contributed by atoms with Gasteiger partial charge in [0.1, 0.15) is 0 Å². The number of thiophene rings is 1. The van der Waals surface area contributed by atoms with Crippen LogP contribution in [0.4, 0.5) is 5.69 Å². The predicted octanol–water partition coefficient (Wildman–Crippen LogP) is 3.85. The van der Waals surface area contributed by atoms with Gasteiger partial charge in [-0.2, -0.15) is 0 Å². The first-order valence-electron chi connectivity index (χ1n) is 5.44. The molecule has 2 nitrogen and oxygen atoms in total. The number of aryl methyl sites for hydroxylation is 1. The van der Waals surface area contributed by atoms with Crippen molar-refractivity contribution < 1.29 is 0 Å². The summed E-state index contributed by atoms with van der Waals surface area (Å²) in [7, 11) is 0. The van der Waals surface area contributed by atoms with Crippen molar-refractivity contribution in [2.45, 2.75) is 6.92 Å². The van der Waals surface area contributed by atoms with Crippen LogP contribution < -0.4 is 5.73 Å². The zero-order chi connectivity index (χ0) is 11.8. The monoisotopic (exact) mass is 240 g/mol. The Bertz CT molecular complexity index is 686. The first-order valence-corrected chi connectivity index (χ1v) is 6.32. The maximum absolute atomic E-state index is 5.74. The first-order chi connectivity index (χ1) is 8.25. The van der Waals surface area contributed by atoms with Crippen LogP contribution >= 0.6 is 11.3 Å². The first kappa shape index (κ1) is 10.3. The maximum atomic E-state index is 5.74. The van der Waals surface area contributed by atoms with E-state index in [1.165, 1.54) is 15.6 Å². The summed E-state index contributed by atoms with van der Waals surface area (Å²) >= 11 is 1.75. The normalized spacial score (nSPS) is 10.9. The third-order valence-electron chi connectivity index (χ3n) is 2.83. The number of hydrogen-bond acceptors (Lipinski definition) is 3. The molecule has 17 heavy (non-hydrogen) atoms. The van der Waals surface area contributed by atoms with E-state index in [0.29, 0.717) is 5.69 Å². The molecule has 0 saturated heterocycles.